The van der Waals surface area contributed by atoms with Crippen molar-refractivity contribution in [3.05, 3.63) is 29.8 Å². The van der Waals surface area contributed by atoms with Crippen molar-refractivity contribution in [3.63, 3.8) is 0 Å². The Kier molecular flexibility index (Phi) is 4.11. The number of nitrogens with one attached hydrogen (secondary N) is 1. The molecule has 0 aliphatic carbocycles. The van der Waals surface area contributed by atoms with E-state index in [1.54, 1.807) is 12.1 Å². The van der Waals surface area contributed by atoms with Crippen LogP contribution in [0.2, 0.25) is 0 Å². The second-order valence-corrected chi connectivity index (χ2v) is 3.10. The molecule has 1 aromatic rings. The topological polar surface area (TPSA) is 29.1 Å². The lowest BCUT2D eigenvalue weighted by Crippen LogP contribution is -2.02. The Morgan fingerprint density at radius 3 is 2.50 bits per heavy atom. The molecule has 0 aliphatic heterocycles. The number of halogens is 1. The molecule has 0 bridgehead atoms. The first-order valence-electron chi connectivity index (χ1n) is 4.65. The van der Waals surface area contributed by atoms with Crippen molar-refractivity contribution in [1.29, 1.82) is 0 Å². The molecule has 1 rings (SSSR count). The van der Waals surface area contributed by atoms with Crippen molar-refractivity contribution in [3.8, 4) is 0 Å². The summed E-state index contributed by atoms with van der Waals surface area (Å²) in [5.74, 6) is 0.0558. The minimum absolute atomic E-state index is 0.0558. The van der Waals surface area contributed by atoms with E-state index in [1.807, 2.05) is 12.1 Å². The zero-order valence-electron chi connectivity index (χ0n) is 8.22. The third-order valence-electron chi connectivity index (χ3n) is 1.93. The van der Waals surface area contributed by atoms with E-state index in [4.69, 9.17) is 0 Å². The van der Waals surface area contributed by atoms with E-state index < -0.39 is 0 Å². The first kappa shape index (κ1) is 10.7. The number of benzene rings is 1. The molecule has 0 fully saturated rings. The highest BCUT2D eigenvalue weighted by atomic mass is 19.1. The molecule has 1 aromatic carbocycles. The van der Waals surface area contributed by atoms with Crippen LogP contribution in [0.1, 0.15) is 23.7 Å². The Bertz CT molecular complexity index is 295. The summed E-state index contributed by atoms with van der Waals surface area (Å²) in [5.41, 5.74) is 1.62. The maximum atomic E-state index is 11.8. The number of ketones is 1. The molecular formula is C11H14FNO. The van der Waals surface area contributed by atoms with Gasteiger partial charge in [-0.2, -0.15) is 0 Å². The number of alkyl halides is 1. The number of rotatable bonds is 5. The fourth-order valence-corrected chi connectivity index (χ4v) is 1.12. The Morgan fingerprint density at radius 2 is 2.00 bits per heavy atom. The number of Topliss-reactive ketones (excluding diaryl/α,β-unsaturated/α-hetero) is 1. The fourth-order valence-electron chi connectivity index (χ4n) is 1.12. The smallest absolute Gasteiger partial charge is 0.159 e. The molecule has 0 aliphatic rings. The zero-order valence-corrected chi connectivity index (χ0v) is 8.22. The average molecular weight is 195 g/mol. The zero-order chi connectivity index (χ0) is 10.4. The first-order valence-corrected chi connectivity index (χ1v) is 4.65. The number of hydrogen-bond donors (Lipinski definition) is 1. The van der Waals surface area contributed by atoms with Crippen molar-refractivity contribution in [2.24, 2.45) is 0 Å². The SMILES string of the molecule is CC(=O)c1ccc(NCCCF)cc1. The monoisotopic (exact) mass is 195 g/mol. The van der Waals surface area contributed by atoms with Crippen molar-refractivity contribution in [1.82, 2.24) is 0 Å². The van der Waals surface area contributed by atoms with Crippen LogP contribution in [-0.2, 0) is 0 Å². The van der Waals surface area contributed by atoms with Gasteiger partial charge in [0.25, 0.3) is 0 Å². The lowest BCUT2D eigenvalue weighted by Gasteiger charge is -2.04. The number of carbonyl (C=O) groups excluding carboxylic acids is 1. The number of anilines is 1. The highest BCUT2D eigenvalue weighted by Gasteiger charge is 1.97. The molecule has 0 saturated carbocycles. The molecule has 0 radical (unpaired) electrons. The van der Waals surface area contributed by atoms with Crippen LogP contribution in [0.25, 0.3) is 0 Å². The highest BCUT2D eigenvalue weighted by molar-refractivity contribution is 5.94. The molecule has 0 unspecified atom stereocenters. The van der Waals surface area contributed by atoms with Crippen LogP contribution in [0, 0.1) is 0 Å². The van der Waals surface area contributed by atoms with Gasteiger partial charge in [-0.3, -0.25) is 9.18 Å². The minimum Gasteiger partial charge on any atom is -0.385 e. The number of hydrogen-bond acceptors (Lipinski definition) is 2. The minimum atomic E-state index is -0.307. The molecule has 0 spiro atoms. The summed E-state index contributed by atoms with van der Waals surface area (Å²) >= 11 is 0. The van der Waals surface area contributed by atoms with E-state index in [0.717, 1.165) is 5.69 Å². The maximum absolute atomic E-state index is 11.8. The van der Waals surface area contributed by atoms with Crippen LogP contribution in [0.15, 0.2) is 24.3 Å². The lowest BCUT2D eigenvalue weighted by molar-refractivity contribution is 0.101. The molecule has 1 N–H and O–H groups in total. The van der Waals surface area contributed by atoms with Gasteiger partial charge in [0.15, 0.2) is 5.78 Å². The molecule has 0 aromatic heterocycles. The Balaban J connectivity index is 2.51. The maximum Gasteiger partial charge on any atom is 0.159 e. The van der Waals surface area contributed by atoms with Gasteiger partial charge >= 0.3 is 0 Å². The van der Waals surface area contributed by atoms with Gasteiger partial charge in [-0.05, 0) is 37.6 Å². The largest absolute Gasteiger partial charge is 0.385 e. The van der Waals surface area contributed by atoms with E-state index in [1.165, 1.54) is 6.92 Å². The quantitative estimate of drug-likeness (QED) is 0.578. The summed E-state index contributed by atoms with van der Waals surface area (Å²) in [6.45, 7) is 1.85. The van der Waals surface area contributed by atoms with Crippen molar-refractivity contribution in [2.45, 2.75) is 13.3 Å². The first-order chi connectivity index (χ1) is 6.74. The molecule has 0 atom stereocenters. The predicted octanol–water partition coefficient (Wildman–Crippen LogP) is 2.66. The van der Waals surface area contributed by atoms with Crippen LogP contribution in [0.3, 0.4) is 0 Å². The van der Waals surface area contributed by atoms with Crippen molar-refractivity contribution >= 4 is 11.5 Å². The summed E-state index contributed by atoms with van der Waals surface area (Å²) in [5, 5.41) is 3.06. The summed E-state index contributed by atoms with van der Waals surface area (Å²) in [7, 11) is 0. The predicted molar refractivity (Wildman–Crippen MR) is 55.5 cm³/mol. The van der Waals surface area contributed by atoms with E-state index in [-0.39, 0.29) is 12.5 Å². The standard InChI is InChI=1S/C11H14FNO/c1-9(14)10-3-5-11(6-4-10)13-8-2-7-12/h3-6,13H,2,7-8H2,1H3. The summed E-state index contributed by atoms with van der Waals surface area (Å²) in [4.78, 5) is 10.9. The van der Waals surface area contributed by atoms with Crippen LogP contribution in [0.4, 0.5) is 10.1 Å². The van der Waals surface area contributed by atoms with Crippen molar-refractivity contribution in [2.75, 3.05) is 18.5 Å². The molecule has 76 valence electrons. The number of carbonyl (C=O) groups is 1. The van der Waals surface area contributed by atoms with E-state index in [0.29, 0.717) is 18.5 Å². The second-order valence-electron chi connectivity index (χ2n) is 3.10. The highest BCUT2D eigenvalue weighted by Crippen LogP contribution is 2.09. The average Bonchev–Trinajstić information content (AvgIpc) is 2.19. The molecule has 0 heterocycles. The Labute approximate surface area is 83.1 Å². The molecule has 0 amide bonds. The third kappa shape index (κ3) is 3.17. The molecule has 0 saturated heterocycles. The second kappa shape index (κ2) is 5.37. The van der Waals surface area contributed by atoms with E-state index in [9.17, 15) is 9.18 Å². The summed E-state index contributed by atoms with van der Waals surface area (Å²) in [6.07, 6.45) is 0.508. The van der Waals surface area contributed by atoms with Gasteiger partial charge in [-0.25, -0.2) is 0 Å². The van der Waals surface area contributed by atoms with Gasteiger partial charge in [0, 0.05) is 17.8 Å². The van der Waals surface area contributed by atoms with Gasteiger partial charge in [0.2, 0.25) is 0 Å². The van der Waals surface area contributed by atoms with Gasteiger partial charge in [-0.1, -0.05) is 0 Å². The van der Waals surface area contributed by atoms with Crippen LogP contribution in [0.5, 0.6) is 0 Å². The fraction of sp³-hybridized carbons (Fsp3) is 0.364. The molecular weight excluding hydrogens is 181 g/mol. The third-order valence-corrected chi connectivity index (χ3v) is 1.93. The van der Waals surface area contributed by atoms with Gasteiger partial charge in [0.05, 0.1) is 6.67 Å². The molecule has 3 heteroatoms. The van der Waals surface area contributed by atoms with Gasteiger partial charge < -0.3 is 5.32 Å². The molecule has 2 nitrogen and oxygen atoms in total. The summed E-state index contributed by atoms with van der Waals surface area (Å²) in [6, 6.07) is 7.18. The Hall–Kier alpha value is -1.38. The van der Waals surface area contributed by atoms with Gasteiger partial charge in [-0.15, -0.1) is 0 Å². The van der Waals surface area contributed by atoms with Crippen LogP contribution >= 0.6 is 0 Å². The van der Waals surface area contributed by atoms with Gasteiger partial charge in [0.1, 0.15) is 0 Å². The lowest BCUT2D eigenvalue weighted by atomic mass is 10.1. The van der Waals surface area contributed by atoms with Crippen LogP contribution in [-0.4, -0.2) is 19.0 Å². The molecule has 14 heavy (non-hydrogen) atoms. The summed E-state index contributed by atoms with van der Waals surface area (Å²) < 4.78 is 11.8. The normalized spacial score (nSPS) is 9.86. The van der Waals surface area contributed by atoms with E-state index in [2.05, 4.69) is 5.32 Å². The van der Waals surface area contributed by atoms with Crippen molar-refractivity contribution < 1.29 is 9.18 Å². The van der Waals surface area contributed by atoms with E-state index >= 15 is 0 Å². The van der Waals surface area contributed by atoms with Crippen LogP contribution < -0.4 is 5.32 Å². The Morgan fingerprint density at radius 1 is 1.36 bits per heavy atom.